The molecule has 0 aliphatic rings. The highest BCUT2D eigenvalue weighted by molar-refractivity contribution is 7.18. The minimum Gasteiger partial charge on any atom is -0.464 e. The topological polar surface area (TPSA) is 64.4 Å². The summed E-state index contributed by atoms with van der Waals surface area (Å²) in [6.07, 6.45) is 0.755. The lowest BCUT2D eigenvalue weighted by Gasteiger charge is -2.15. The number of esters is 1. The maximum absolute atomic E-state index is 12.9. The van der Waals surface area contributed by atoms with Gasteiger partial charge in [0.25, 0.3) is 5.56 Å². The van der Waals surface area contributed by atoms with Crippen LogP contribution >= 0.6 is 11.3 Å². The van der Waals surface area contributed by atoms with Crippen LogP contribution in [-0.4, -0.2) is 41.1 Å². The molecule has 126 valence electrons. The van der Waals surface area contributed by atoms with Gasteiger partial charge in [-0.1, -0.05) is 6.92 Å². The summed E-state index contributed by atoms with van der Waals surface area (Å²) in [5.74, 6) is 0.182. The van der Waals surface area contributed by atoms with Crippen LogP contribution in [0.25, 0.3) is 10.2 Å². The molecule has 23 heavy (non-hydrogen) atoms. The van der Waals surface area contributed by atoms with Crippen molar-refractivity contribution in [1.29, 1.82) is 0 Å². The molecule has 0 atom stereocenters. The second-order valence-electron chi connectivity index (χ2n) is 5.84. The molecule has 0 fully saturated rings. The number of hydrogen-bond donors (Lipinski definition) is 0. The first-order chi connectivity index (χ1) is 10.8. The maximum Gasteiger partial charge on any atom is 0.326 e. The number of thiophene rings is 1. The minimum absolute atomic E-state index is 0.0979. The highest BCUT2D eigenvalue weighted by atomic mass is 32.1. The van der Waals surface area contributed by atoms with Crippen LogP contribution in [0.3, 0.4) is 0 Å². The number of aryl methyl sites for hydroxylation is 2. The molecule has 0 aliphatic heterocycles. The van der Waals surface area contributed by atoms with Crippen LogP contribution in [0.4, 0.5) is 0 Å². The average Bonchev–Trinajstić information content (AvgIpc) is 2.75. The molecule has 0 saturated heterocycles. The summed E-state index contributed by atoms with van der Waals surface area (Å²) in [4.78, 5) is 33.2. The molecule has 6 nitrogen and oxygen atoms in total. The fraction of sp³-hybridized carbons (Fsp3) is 0.562. The van der Waals surface area contributed by atoms with Gasteiger partial charge in [-0.15, -0.1) is 11.3 Å². The predicted octanol–water partition coefficient (Wildman–Crippen LogP) is 2.09. The van der Waals surface area contributed by atoms with E-state index >= 15 is 0 Å². The first-order valence-corrected chi connectivity index (χ1v) is 8.46. The van der Waals surface area contributed by atoms with E-state index in [2.05, 4.69) is 4.98 Å². The van der Waals surface area contributed by atoms with Gasteiger partial charge in [-0.05, 0) is 39.9 Å². The van der Waals surface area contributed by atoms with Gasteiger partial charge in [-0.3, -0.25) is 14.2 Å². The Bertz CT molecular complexity index is 777. The molecular weight excluding hydrogens is 314 g/mol. The number of fused-ring (bicyclic) bond motifs is 1. The van der Waals surface area contributed by atoms with Gasteiger partial charge in [0.05, 0.1) is 18.5 Å². The monoisotopic (exact) mass is 337 g/mol. The van der Waals surface area contributed by atoms with Crippen LogP contribution in [0.15, 0.2) is 4.79 Å². The zero-order valence-electron chi connectivity index (χ0n) is 14.3. The average molecular weight is 337 g/mol. The maximum atomic E-state index is 12.9. The zero-order chi connectivity index (χ0) is 17.1. The van der Waals surface area contributed by atoms with Crippen LogP contribution in [0.5, 0.6) is 0 Å². The Hall–Kier alpha value is -1.73. The summed E-state index contributed by atoms with van der Waals surface area (Å²) in [7, 11) is 3.81. The van der Waals surface area contributed by atoms with Crippen LogP contribution in [0.2, 0.25) is 0 Å². The van der Waals surface area contributed by atoms with E-state index in [0.29, 0.717) is 24.4 Å². The Morgan fingerprint density at radius 2 is 2.04 bits per heavy atom. The van der Waals surface area contributed by atoms with Gasteiger partial charge in [0.2, 0.25) is 0 Å². The molecule has 0 unspecified atom stereocenters. The minimum atomic E-state index is -0.403. The molecular formula is C16H23N3O3S. The third kappa shape index (κ3) is 3.79. The van der Waals surface area contributed by atoms with Gasteiger partial charge < -0.3 is 9.64 Å². The van der Waals surface area contributed by atoms with Crippen molar-refractivity contribution in [2.24, 2.45) is 0 Å². The van der Waals surface area contributed by atoms with Crippen LogP contribution in [0.1, 0.15) is 29.6 Å². The Morgan fingerprint density at radius 1 is 1.35 bits per heavy atom. The van der Waals surface area contributed by atoms with Crippen molar-refractivity contribution in [3.05, 3.63) is 26.6 Å². The molecule has 2 aromatic rings. The smallest absolute Gasteiger partial charge is 0.326 e. The van der Waals surface area contributed by atoms with Gasteiger partial charge in [-0.2, -0.15) is 0 Å². The number of carbonyl (C=O) groups excluding carboxylic acids is 1. The third-order valence-electron chi connectivity index (χ3n) is 3.58. The quantitative estimate of drug-likeness (QED) is 0.755. The van der Waals surface area contributed by atoms with Gasteiger partial charge in [0.1, 0.15) is 17.2 Å². The van der Waals surface area contributed by atoms with E-state index in [9.17, 15) is 9.59 Å². The van der Waals surface area contributed by atoms with Crippen LogP contribution in [0, 0.1) is 13.8 Å². The van der Waals surface area contributed by atoms with Crippen LogP contribution in [-0.2, 0) is 22.6 Å². The Labute approximate surface area is 139 Å². The van der Waals surface area contributed by atoms with E-state index in [0.717, 1.165) is 21.7 Å². The zero-order valence-corrected chi connectivity index (χ0v) is 15.1. The van der Waals surface area contributed by atoms with Gasteiger partial charge in [-0.25, -0.2) is 4.98 Å². The molecule has 0 amide bonds. The van der Waals surface area contributed by atoms with E-state index in [-0.39, 0.29) is 12.1 Å². The molecule has 0 aliphatic carbocycles. The summed E-state index contributed by atoms with van der Waals surface area (Å²) in [6, 6.07) is 0. The largest absolute Gasteiger partial charge is 0.464 e. The van der Waals surface area contributed by atoms with Crippen molar-refractivity contribution in [3.63, 3.8) is 0 Å². The highest BCUT2D eigenvalue weighted by Crippen LogP contribution is 2.26. The van der Waals surface area contributed by atoms with Crippen molar-refractivity contribution in [2.75, 3.05) is 20.7 Å². The summed E-state index contributed by atoms with van der Waals surface area (Å²) < 4.78 is 6.56. The predicted molar refractivity (Wildman–Crippen MR) is 92.0 cm³/mol. The number of carbonyl (C=O) groups is 1. The van der Waals surface area contributed by atoms with E-state index in [4.69, 9.17) is 4.74 Å². The van der Waals surface area contributed by atoms with Crippen molar-refractivity contribution in [3.8, 4) is 0 Å². The summed E-state index contributed by atoms with van der Waals surface area (Å²) in [6.45, 7) is 6.58. The molecule has 2 heterocycles. The van der Waals surface area contributed by atoms with Crippen LogP contribution < -0.4 is 5.56 Å². The molecule has 7 heteroatoms. The third-order valence-corrected chi connectivity index (χ3v) is 4.68. The van der Waals surface area contributed by atoms with Gasteiger partial charge in [0, 0.05) is 4.88 Å². The van der Waals surface area contributed by atoms with Crippen molar-refractivity contribution in [1.82, 2.24) is 14.5 Å². The number of nitrogens with zero attached hydrogens (tertiary/aromatic N) is 3. The molecule has 2 rings (SSSR count). The van der Waals surface area contributed by atoms with Crippen molar-refractivity contribution < 1.29 is 9.53 Å². The van der Waals surface area contributed by atoms with Crippen molar-refractivity contribution >= 4 is 27.5 Å². The number of hydrogen-bond acceptors (Lipinski definition) is 6. The molecule has 0 spiro atoms. The lowest BCUT2D eigenvalue weighted by atomic mass is 10.2. The Balaban J connectivity index is 2.54. The molecule has 0 radical (unpaired) electrons. The molecule has 0 N–H and O–H groups in total. The normalized spacial score (nSPS) is 11.4. The number of aromatic nitrogens is 2. The molecule has 0 saturated carbocycles. The summed E-state index contributed by atoms with van der Waals surface area (Å²) in [5.41, 5.74) is 0.775. The van der Waals surface area contributed by atoms with E-state index < -0.39 is 5.97 Å². The standard InChI is InChI=1S/C16H23N3O3S/c1-6-7-22-13(20)9-19-12(8-18(4)5)17-15-14(16(19)21)10(2)11(3)23-15/h6-9H2,1-5H3. The second-order valence-corrected chi connectivity index (χ2v) is 7.04. The first-order valence-electron chi connectivity index (χ1n) is 7.64. The first kappa shape index (κ1) is 17.6. The van der Waals surface area contributed by atoms with E-state index in [1.165, 1.54) is 15.9 Å². The molecule has 0 aromatic carbocycles. The second kappa shape index (κ2) is 7.23. The molecule has 2 aromatic heterocycles. The van der Waals surface area contributed by atoms with Crippen molar-refractivity contribution in [2.45, 2.75) is 40.3 Å². The number of rotatable bonds is 6. The lowest BCUT2D eigenvalue weighted by Crippen LogP contribution is -2.31. The SMILES string of the molecule is CCCOC(=O)Cn1c(CN(C)C)nc2sc(C)c(C)c2c1=O. The highest BCUT2D eigenvalue weighted by Gasteiger charge is 2.18. The molecule has 0 bridgehead atoms. The summed E-state index contributed by atoms with van der Waals surface area (Å²) in [5, 5.41) is 0.610. The Kier molecular flexibility index (Phi) is 5.54. The van der Waals surface area contributed by atoms with E-state index in [1.54, 1.807) is 0 Å². The summed E-state index contributed by atoms with van der Waals surface area (Å²) >= 11 is 1.52. The van der Waals surface area contributed by atoms with E-state index in [1.807, 2.05) is 39.8 Å². The lowest BCUT2D eigenvalue weighted by molar-refractivity contribution is -0.144. The number of ether oxygens (including phenoxy) is 1. The Morgan fingerprint density at radius 3 is 2.65 bits per heavy atom. The fourth-order valence-electron chi connectivity index (χ4n) is 2.33. The van der Waals surface area contributed by atoms with Gasteiger partial charge in [0.15, 0.2) is 0 Å². The van der Waals surface area contributed by atoms with Gasteiger partial charge >= 0.3 is 5.97 Å². The fourth-order valence-corrected chi connectivity index (χ4v) is 3.37.